The molecule has 0 atom stereocenters. The first-order valence-corrected chi connectivity index (χ1v) is 13.2. The van der Waals surface area contributed by atoms with Gasteiger partial charge in [-0.25, -0.2) is 0 Å². The van der Waals surface area contributed by atoms with E-state index >= 15 is 0 Å². The molecule has 0 radical (unpaired) electrons. The highest BCUT2D eigenvalue weighted by atomic mass is 16.3. The summed E-state index contributed by atoms with van der Waals surface area (Å²) >= 11 is 0. The van der Waals surface area contributed by atoms with Crippen LogP contribution in [0.5, 0.6) is 0 Å². The SMILES string of the molecule is [2H]c1c([2H])c([2H])c(-c2c([2H])c([2H])c3oc4c([2H])c(-c5c([2H])c([2H])c(-c6c7c([2H])c([2H])c([2H])c([2H])c7c(-c7c([2H])c([2H])c([2H])c([2H])c7[2H])c7c([2H])c([2H])c([2H])c([2H])c67)c([2H])c5[2H])c([2H])c([2H])c4c3c2[2H])c([2H])c1[2H]. The van der Waals surface area contributed by atoms with Crippen LogP contribution in [0.1, 0.15) is 38.4 Å². The molecule has 0 spiro atoms. The van der Waals surface area contributed by atoms with E-state index in [2.05, 4.69) is 0 Å². The number of hydrogen-bond acceptors (Lipinski definition) is 1. The van der Waals surface area contributed by atoms with Crippen LogP contribution in [0.2, 0.25) is 0 Å². The van der Waals surface area contributed by atoms with Gasteiger partial charge in [0.05, 0.1) is 38.4 Å². The monoisotopic (exact) mass is 600 g/mol. The van der Waals surface area contributed by atoms with Crippen molar-refractivity contribution < 1.29 is 42.8 Å². The Kier molecular flexibility index (Phi) is 2.32. The van der Waals surface area contributed by atoms with E-state index in [9.17, 15) is 12.3 Å². The summed E-state index contributed by atoms with van der Waals surface area (Å²) in [5, 5.41) is -3.80. The van der Waals surface area contributed by atoms with Crippen LogP contribution < -0.4 is 0 Å². The molecule has 0 unspecified atom stereocenters. The third-order valence-electron chi connectivity index (χ3n) is 7.01. The van der Waals surface area contributed by atoms with Crippen LogP contribution in [0.15, 0.2) is 174 Å². The zero-order chi connectivity index (χ0) is 54.1. The molecule has 0 fully saturated rings. The maximum atomic E-state index is 9.49. The first-order valence-electron chi connectivity index (χ1n) is 27.2. The van der Waals surface area contributed by atoms with Crippen LogP contribution in [0.4, 0.5) is 0 Å². The molecule has 1 nitrogen and oxygen atoms in total. The molecule has 0 saturated heterocycles. The van der Waals surface area contributed by atoms with Crippen LogP contribution >= 0.6 is 0 Å². The Hall–Kier alpha value is -5.92. The van der Waals surface area contributed by atoms with Crippen LogP contribution in [0, 0.1) is 0 Å². The van der Waals surface area contributed by atoms with E-state index in [1.165, 1.54) is 0 Å². The average Bonchev–Trinajstić information content (AvgIpc) is 3.78. The van der Waals surface area contributed by atoms with Gasteiger partial charge in [-0.15, -0.1) is 0 Å². The summed E-state index contributed by atoms with van der Waals surface area (Å²) < 4.78 is 254. The summed E-state index contributed by atoms with van der Waals surface area (Å²) in [7, 11) is 0. The smallest absolute Gasteiger partial charge is 0.136 e. The molecule has 9 rings (SSSR count). The average molecular weight is 601 g/mol. The van der Waals surface area contributed by atoms with Gasteiger partial charge in [-0.1, -0.05) is 145 Å². The zero-order valence-electron chi connectivity index (χ0n) is 50.4. The predicted molar refractivity (Wildman–Crippen MR) is 190 cm³/mol. The number of fused-ring (bicyclic) bond motifs is 5. The first-order chi connectivity index (χ1) is 34.0. The third-order valence-corrected chi connectivity index (χ3v) is 7.01. The molecule has 0 bridgehead atoms. The lowest BCUT2D eigenvalue weighted by Crippen LogP contribution is -1.90. The Balaban J connectivity index is 1.44. The van der Waals surface area contributed by atoms with Crippen molar-refractivity contribution in [2.24, 2.45) is 0 Å². The Morgan fingerprint density at radius 2 is 0.711 bits per heavy atom. The highest BCUT2D eigenvalue weighted by Gasteiger charge is 2.16. The van der Waals surface area contributed by atoms with Gasteiger partial charge in [0.2, 0.25) is 0 Å². The maximum absolute atomic E-state index is 9.49. The number of furan rings is 1. The van der Waals surface area contributed by atoms with E-state index < -0.39 is 257 Å². The molecule has 0 N–H and O–H groups in total. The van der Waals surface area contributed by atoms with Crippen molar-refractivity contribution in [3.05, 3.63) is 169 Å². The highest BCUT2D eigenvalue weighted by Crippen LogP contribution is 2.44. The van der Waals surface area contributed by atoms with Crippen LogP contribution in [0.25, 0.3) is 88.0 Å². The van der Waals surface area contributed by atoms with Crippen molar-refractivity contribution in [3.63, 3.8) is 0 Å². The molecule has 0 aliphatic heterocycles. The Labute approximate surface area is 301 Å². The fourth-order valence-electron chi connectivity index (χ4n) is 5.08. The van der Waals surface area contributed by atoms with Crippen molar-refractivity contribution in [1.29, 1.82) is 0 Å². The second-order valence-electron chi connectivity index (χ2n) is 9.51. The quantitative estimate of drug-likeness (QED) is 0.183. The largest absolute Gasteiger partial charge is 0.456 e. The van der Waals surface area contributed by atoms with Gasteiger partial charge in [0.25, 0.3) is 0 Å². The molecule has 0 saturated carbocycles. The lowest BCUT2D eigenvalue weighted by molar-refractivity contribution is 0.669. The van der Waals surface area contributed by atoms with Gasteiger partial charge in [-0.3, -0.25) is 0 Å². The molecule has 0 aliphatic carbocycles. The minimum atomic E-state index is -1.09. The Bertz CT molecular complexity index is 3950. The highest BCUT2D eigenvalue weighted by molar-refractivity contribution is 6.21. The molecule has 1 heteroatoms. The van der Waals surface area contributed by atoms with Crippen LogP contribution in [-0.2, 0) is 0 Å². The molecule has 210 valence electrons. The Morgan fingerprint density at radius 3 is 1.31 bits per heavy atom. The van der Waals surface area contributed by atoms with E-state index in [1.54, 1.807) is 0 Å². The summed E-state index contributed by atoms with van der Waals surface area (Å²) in [6, 6.07) is -25.9. The standard InChI is InChI=1S/C44H28O/c1-3-11-29(12-4-1)33-24-26-41-40(27-33)35-25-23-34(28-42(35)45-41)30-19-21-32(22-20-30)44-38-17-9-7-15-36(38)43(31-13-5-2-6-14-31)37-16-8-10-18-39(37)44/h1-28H/i1D,2D,3D,4D,5D,6D,7D,8D,9D,10D,11D,12D,13D,14D,15D,16D,17D,18D,19D,20D,21D,22D,23D,24D,25D,26D,27D,28D. The Morgan fingerprint density at radius 1 is 0.289 bits per heavy atom. The lowest BCUT2D eigenvalue weighted by atomic mass is 9.86. The molecule has 0 aliphatic rings. The topological polar surface area (TPSA) is 13.1 Å². The molecule has 8 aromatic carbocycles. The summed E-state index contributed by atoms with van der Waals surface area (Å²) in [6.45, 7) is 0. The minimum absolute atomic E-state index is 0.480. The van der Waals surface area contributed by atoms with Crippen molar-refractivity contribution >= 4 is 43.5 Å². The number of benzene rings is 8. The van der Waals surface area contributed by atoms with Crippen molar-refractivity contribution in [2.75, 3.05) is 0 Å². The van der Waals surface area contributed by atoms with Gasteiger partial charge in [0.15, 0.2) is 0 Å². The van der Waals surface area contributed by atoms with E-state index in [-0.39, 0.29) is 0 Å². The van der Waals surface area contributed by atoms with E-state index in [0.29, 0.717) is 0 Å². The maximum Gasteiger partial charge on any atom is 0.136 e. The van der Waals surface area contributed by atoms with Gasteiger partial charge in [0, 0.05) is 10.8 Å². The van der Waals surface area contributed by atoms with Gasteiger partial charge < -0.3 is 4.42 Å². The van der Waals surface area contributed by atoms with E-state index in [4.69, 9.17) is 30.5 Å². The second kappa shape index (κ2) is 10.4. The summed E-state index contributed by atoms with van der Waals surface area (Å²) in [5.41, 5.74) is -7.16. The van der Waals surface area contributed by atoms with Crippen molar-refractivity contribution in [1.82, 2.24) is 0 Å². The van der Waals surface area contributed by atoms with Crippen LogP contribution in [-0.4, -0.2) is 0 Å². The minimum Gasteiger partial charge on any atom is -0.456 e. The van der Waals surface area contributed by atoms with Crippen molar-refractivity contribution in [3.8, 4) is 44.5 Å². The number of hydrogen-bond donors (Lipinski definition) is 0. The van der Waals surface area contributed by atoms with Crippen molar-refractivity contribution in [2.45, 2.75) is 0 Å². The normalized spacial score (nSPS) is 20.3. The third kappa shape index (κ3) is 4.24. The predicted octanol–water partition coefficient (Wildman–Crippen LogP) is 12.6. The molecule has 9 aromatic rings. The molecule has 45 heavy (non-hydrogen) atoms. The zero-order valence-corrected chi connectivity index (χ0v) is 22.4. The van der Waals surface area contributed by atoms with Gasteiger partial charge >= 0.3 is 0 Å². The van der Waals surface area contributed by atoms with Gasteiger partial charge in [-0.05, 0) is 90.2 Å². The van der Waals surface area contributed by atoms with Crippen LogP contribution in [0.3, 0.4) is 0 Å². The fraction of sp³-hybridized carbons (Fsp3) is 0. The molecule has 0 amide bonds. The molecule has 1 aromatic heterocycles. The molecular weight excluding hydrogens is 544 g/mol. The summed E-state index contributed by atoms with van der Waals surface area (Å²) in [4.78, 5) is 0. The summed E-state index contributed by atoms with van der Waals surface area (Å²) in [5.74, 6) is 0. The molecular formula is C44H28O. The van der Waals surface area contributed by atoms with E-state index in [0.717, 1.165) is 0 Å². The lowest BCUT2D eigenvalue weighted by Gasteiger charge is -2.18. The number of rotatable bonds is 4. The van der Waals surface area contributed by atoms with Gasteiger partial charge in [0.1, 0.15) is 11.2 Å². The summed E-state index contributed by atoms with van der Waals surface area (Å²) in [6.07, 6.45) is 0. The fourth-order valence-corrected chi connectivity index (χ4v) is 5.08. The van der Waals surface area contributed by atoms with E-state index in [1.807, 2.05) is 0 Å². The van der Waals surface area contributed by atoms with Gasteiger partial charge in [-0.2, -0.15) is 0 Å². The molecule has 1 heterocycles. The first kappa shape index (κ1) is 10.1. The second-order valence-corrected chi connectivity index (χ2v) is 9.51.